The lowest BCUT2D eigenvalue weighted by molar-refractivity contribution is -0.114. The van der Waals surface area contributed by atoms with Gasteiger partial charge in [-0.15, -0.1) is 0 Å². The fourth-order valence-corrected chi connectivity index (χ4v) is 1.97. The first-order valence-corrected chi connectivity index (χ1v) is 5.67. The Balaban J connectivity index is 2.36. The molecule has 0 saturated heterocycles. The highest BCUT2D eigenvalue weighted by atomic mass is 16.5. The molecule has 0 atom stereocenters. The maximum atomic E-state index is 11.8. The average molecular weight is 233 g/mol. The van der Waals surface area contributed by atoms with E-state index >= 15 is 0 Å². The van der Waals surface area contributed by atoms with E-state index in [2.05, 4.69) is 0 Å². The summed E-state index contributed by atoms with van der Waals surface area (Å²) in [5.41, 5.74) is 2.29. The summed E-state index contributed by atoms with van der Waals surface area (Å²) in [5, 5.41) is 0. The number of amides is 1. The fourth-order valence-electron chi connectivity index (χ4n) is 1.97. The van der Waals surface area contributed by atoms with E-state index in [4.69, 9.17) is 4.74 Å². The standard InChI is InChI=1S/C13H15NO3/c1-3-9-4-5-11-10(8-9)12(15)13(16)14(11)6-7-17-2/h4-5,8H,3,6-7H2,1-2H3. The van der Waals surface area contributed by atoms with Crippen LogP contribution in [0.2, 0.25) is 0 Å². The van der Waals surface area contributed by atoms with Crippen molar-refractivity contribution in [2.24, 2.45) is 0 Å². The number of fused-ring (bicyclic) bond motifs is 1. The van der Waals surface area contributed by atoms with Gasteiger partial charge in [-0.1, -0.05) is 13.0 Å². The van der Waals surface area contributed by atoms with Crippen molar-refractivity contribution in [2.75, 3.05) is 25.2 Å². The number of benzene rings is 1. The number of aryl methyl sites for hydroxylation is 1. The number of hydrogen-bond acceptors (Lipinski definition) is 3. The number of carbonyl (C=O) groups is 2. The third kappa shape index (κ3) is 1.96. The van der Waals surface area contributed by atoms with Gasteiger partial charge in [0.05, 0.1) is 17.9 Å². The summed E-state index contributed by atoms with van der Waals surface area (Å²) < 4.78 is 4.94. The highest BCUT2D eigenvalue weighted by molar-refractivity contribution is 6.52. The molecule has 0 N–H and O–H groups in total. The number of anilines is 1. The Morgan fingerprint density at radius 3 is 2.71 bits per heavy atom. The predicted octanol–water partition coefficient (Wildman–Crippen LogP) is 1.42. The van der Waals surface area contributed by atoms with Crippen molar-refractivity contribution in [2.45, 2.75) is 13.3 Å². The van der Waals surface area contributed by atoms with Crippen LogP contribution >= 0.6 is 0 Å². The van der Waals surface area contributed by atoms with Crippen molar-refractivity contribution < 1.29 is 14.3 Å². The van der Waals surface area contributed by atoms with E-state index < -0.39 is 11.7 Å². The van der Waals surface area contributed by atoms with Crippen LogP contribution in [0.25, 0.3) is 0 Å². The molecule has 1 aromatic carbocycles. The molecule has 0 aliphatic carbocycles. The molecule has 0 saturated carbocycles. The van der Waals surface area contributed by atoms with Crippen molar-refractivity contribution >= 4 is 17.4 Å². The van der Waals surface area contributed by atoms with Gasteiger partial charge in [-0.05, 0) is 24.1 Å². The number of hydrogen-bond donors (Lipinski definition) is 0. The van der Waals surface area contributed by atoms with Gasteiger partial charge >= 0.3 is 0 Å². The first-order chi connectivity index (χ1) is 8.19. The van der Waals surface area contributed by atoms with E-state index in [1.54, 1.807) is 7.11 Å². The third-order valence-corrected chi connectivity index (χ3v) is 2.96. The normalized spacial score (nSPS) is 14.4. The van der Waals surface area contributed by atoms with Crippen LogP contribution in [0.5, 0.6) is 0 Å². The molecule has 4 heteroatoms. The first kappa shape index (κ1) is 11.8. The van der Waals surface area contributed by atoms with E-state index in [0.717, 1.165) is 12.0 Å². The van der Waals surface area contributed by atoms with Crippen LogP contribution in [-0.4, -0.2) is 32.0 Å². The lowest BCUT2D eigenvalue weighted by Crippen LogP contribution is -2.32. The van der Waals surface area contributed by atoms with Crippen molar-refractivity contribution in [3.05, 3.63) is 29.3 Å². The van der Waals surface area contributed by atoms with E-state index in [1.807, 2.05) is 25.1 Å². The summed E-state index contributed by atoms with van der Waals surface area (Å²) in [4.78, 5) is 25.1. The third-order valence-electron chi connectivity index (χ3n) is 2.96. The molecular formula is C13H15NO3. The Kier molecular flexibility index (Phi) is 3.24. The molecule has 4 nitrogen and oxygen atoms in total. The maximum absolute atomic E-state index is 11.8. The van der Waals surface area contributed by atoms with Gasteiger partial charge in [0.25, 0.3) is 11.7 Å². The first-order valence-electron chi connectivity index (χ1n) is 5.67. The van der Waals surface area contributed by atoms with Crippen LogP contribution in [0, 0.1) is 0 Å². The van der Waals surface area contributed by atoms with Gasteiger partial charge < -0.3 is 9.64 Å². The summed E-state index contributed by atoms with van der Waals surface area (Å²) in [5.74, 6) is -0.864. The number of methoxy groups -OCH3 is 1. The topological polar surface area (TPSA) is 46.6 Å². The molecule has 1 amide bonds. The molecule has 0 bridgehead atoms. The maximum Gasteiger partial charge on any atom is 0.299 e. The molecule has 0 fully saturated rings. The minimum absolute atomic E-state index is 0.411. The molecular weight excluding hydrogens is 218 g/mol. The van der Waals surface area contributed by atoms with Crippen LogP contribution in [0.15, 0.2) is 18.2 Å². The van der Waals surface area contributed by atoms with E-state index in [9.17, 15) is 9.59 Å². The monoisotopic (exact) mass is 233 g/mol. The van der Waals surface area contributed by atoms with Gasteiger partial charge in [0.2, 0.25) is 0 Å². The largest absolute Gasteiger partial charge is 0.383 e. The van der Waals surface area contributed by atoms with Crippen molar-refractivity contribution in [1.29, 1.82) is 0 Å². The Morgan fingerprint density at radius 1 is 1.29 bits per heavy atom. The average Bonchev–Trinajstić information content (AvgIpc) is 2.60. The minimum atomic E-state index is -0.453. The smallest absolute Gasteiger partial charge is 0.299 e. The SMILES string of the molecule is CCc1ccc2c(c1)C(=O)C(=O)N2CCOC. The Morgan fingerprint density at radius 2 is 2.06 bits per heavy atom. The second kappa shape index (κ2) is 4.67. The Hall–Kier alpha value is -1.68. The highest BCUT2D eigenvalue weighted by Gasteiger charge is 2.35. The predicted molar refractivity (Wildman–Crippen MR) is 64.4 cm³/mol. The Labute approximate surface area is 100 Å². The Bertz CT molecular complexity index is 468. The molecule has 1 heterocycles. The lowest BCUT2D eigenvalue weighted by atomic mass is 10.1. The van der Waals surface area contributed by atoms with E-state index in [-0.39, 0.29) is 0 Å². The highest BCUT2D eigenvalue weighted by Crippen LogP contribution is 2.29. The van der Waals surface area contributed by atoms with Gasteiger partial charge in [-0.2, -0.15) is 0 Å². The summed E-state index contributed by atoms with van der Waals surface area (Å²) in [6, 6.07) is 5.60. The summed E-state index contributed by atoms with van der Waals surface area (Å²) in [7, 11) is 1.57. The molecule has 0 spiro atoms. The minimum Gasteiger partial charge on any atom is -0.383 e. The van der Waals surface area contributed by atoms with Crippen molar-refractivity contribution in [3.8, 4) is 0 Å². The summed E-state index contributed by atoms with van der Waals surface area (Å²) in [6.45, 7) is 2.86. The van der Waals surface area contributed by atoms with E-state index in [1.165, 1.54) is 4.90 Å². The quantitative estimate of drug-likeness (QED) is 0.739. The van der Waals surface area contributed by atoms with Gasteiger partial charge in [-0.25, -0.2) is 0 Å². The van der Waals surface area contributed by atoms with Crippen molar-refractivity contribution in [1.82, 2.24) is 0 Å². The van der Waals surface area contributed by atoms with Crippen LogP contribution in [-0.2, 0) is 16.0 Å². The van der Waals surface area contributed by atoms with Gasteiger partial charge in [0.15, 0.2) is 0 Å². The number of Topliss-reactive ketones (excluding diaryl/α,β-unsaturated/α-hetero) is 1. The van der Waals surface area contributed by atoms with Crippen LogP contribution < -0.4 is 4.90 Å². The van der Waals surface area contributed by atoms with E-state index in [0.29, 0.717) is 24.4 Å². The number of rotatable bonds is 4. The van der Waals surface area contributed by atoms with Gasteiger partial charge in [0, 0.05) is 13.7 Å². The number of ketones is 1. The molecule has 2 rings (SSSR count). The summed E-state index contributed by atoms with van der Waals surface area (Å²) in [6.07, 6.45) is 0.854. The number of nitrogens with zero attached hydrogens (tertiary/aromatic N) is 1. The van der Waals surface area contributed by atoms with Crippen LogP contribution in [0.4, 0.5) is 5.69 Å². The molecule has 1 aromatic rings. The zero-order valence-electron chi connectivity index (χ0n) is 10.0. The molecule has 1 aliphatic rings. The van der Waals surface area contributed by atoms with Crippen molar-refractivity contribution in [3.63, 3.8) is 0 Å². The number of ether oxygens (including phenoxy) is 1. The zero-order chi connectivity index (χ0) is 12.4. The molecule has 0 aromatic heterocycles. The molecule has 90 valence electrons. The summed E-state index contributed by atoms with van der Waals surface area (Å²) >= 11 is 0. The van der Waals surface area contributed by atoms with Gasteiger partial charge in [-0.3, -0.25) is 9.59 Å². The number of carbonyl (C=O) groups excluding carboxylic acids is 2. The van der Waals surface area contributed by atoms with Crippen LogP contribution in [0.1, 0.15) is 22.8 Å². The fraction of sp³-hybridized carbons (Fsp3) is 0.385. The lowest BCUT2D eigenvalue weighted by Gasteiger charge is -2.15. The molecule has 0 unspecified atom stereocenters. The zero-order valence-corrected chi connectivity index (χ0v) is 10.0. The molecule has 1 aliphatic heterocycles. The molecule has 0 radical (unpaired) electrons. The molecule has 17 heavy (non-hydrogen) atoms. The second-order valence-electron chi connectivity index (χ2n) is 3.98. The second-order valence-corrected chi connectivity index (χ2v) is 3.98. The van der Waals surface area contributed by atoms with Gasteiger partial charge in [0.1, 0.15) is 0 Å². The van der Waals surface area contributed by atoms with Crippen LogP contribution in [0.3, 0.4) is 0 Å².